The number of nitro groups is 1. The average molecular weight is 1310 g/mol. The van der Waals surface area contributed by atoms with Gasteiger partial charge in [-0.3, -0.25) is 14.9 Å². The monoisotopic (exact) mass is 1310 g/mol. The fraction of sp³-hybridized carbons (Fsp3) is 0.414. The number of amides is 4. The van der Waals surface area contributed by atoms with Crippen molar-refractivity contribution in [2.75, 3.05) is 18.8 Å². The summed E-state index contributed by atoms with van der Waals surface area (Å²) in [5.41, 5.74) is 32.2. The van der Waals surface area contributed by atoms with Crippen molar-refractivity contribution in [3.8, 4) is 12.0 Å². The number of carbonyl (C=O) groups excluding carboxylic acids is 2. The number of allylic oxidation sites excluding steroid dienone is 2. The number of nitrogens with zero attached hydrogens (tertiary/aromatic N) is 6. The molecule has 5 aliphatic rings. The number of likely N-dealkylation sites (tertiary alicyclic amines) is 1. The molecule has 3 fully saturated rings. The van der Waals surface area contributed by atoms with E-state index < -0.39 is 16.9 Å². The molecule has 7 N–H and O–H groups in total. The van der Waals surface area contributed by atoms with Crippen LogP contribution in [-0.4, -0.2) is 65.8 Å². The molecule has 4 aliphatic carbocycles. The van der Waals surface area contributed by atoms with Crippen LogP contribution in [0.4, 0.5) is 21.0 Å². The van der Waals surface area contributed by atoms with E-state index in [-0.39, 0.29) is 30.2 Å². The van der Waals surface area contributed by atoms with E-state index in [2.05, 4.69) is 139 Å². The molecule has 1 aromatic heterocycles. The third kappa shape index (κ3) is 17.4. The summed E-state index contributed by atoms with van der Waals surface area (Å²) in [5.74, 6) is 6.92. The molecule has 1 aliphatic heterocycles. The summed E-state index contributed by atoms with van der Waals surface area (Å²) in [4.78, 5) is 60.4. The van der Waals surface area contributed by atoms with Gasteiger partial charge in [-0.15, -0.1) is 0 Å². The van der Waals surface area contributed by atoms with Crippen LogP contribution in [0.15, 0.2) is 119 Å². The number of aliphatic carboxylic acids is 1. The third-order valence-electron chi connectivity index (χ3n) is 18.7. The Balaban J connectivity index is 0.000000182. The van der Waals surface area contributed by atoms with Crippen LogP contribution in [0, 0.1) is 52.7 Å². The van der Waals surface area contributed by atoms with Gasteiger partial charge in [0.15, 0.2) is 0 Å². The number of anilines is 1. The summed E-state index contributed by atoms with van der Waals surface area (Å²) in [6.45, 7) is 4.52. The summed E-state index contributed by atoms with van der Waals surface area (Å²) in [5, 5.41) is 27.6. The molecule has 4 unspecified atom stereocenters. The largest absolute Gasteiger partial charge is 0.481 e. The van der Waals surface area contributed by atoms with E-state index in [1.165, 1.54) is 55.8 Å². The van der Waals surface area contributed by atoms with Crippen molar-refractivity contribution < 1.29 is 24.4 Å². The van der Waals surface area contributed by atoms with Gasteiger partial charge in [0.05, 0.1) is 29.3 Å². The van der Waals surface area contributed by atoms with Crippen LogP contribution in [0.3, 0.4) is 0 Å². The summed E-state index contributed by atoms with van der Waals surface area (Å²) in [6.07, 6.45) is 18.2. The molecule has 0 radical (unpaired) electrons. The van der Waals surface area contributed by atoms with Gasteiger partial charge in [-0.05, 0) is 216 Å². The number of hydrogen-bond acceptors (Lipinski definition) is 14. The normalized spacial score (nSPS) is 19.7. The van der Waals surface area contributed by atoms with Crippen molar-refractivity contribution in [2.45, 2.75) is 146 Å². The maximum absolute atomic E-state index is 11.9. The minimum absolute atomic E-state index is 0.0121. The number of rotatable bonds is 15. The first-order valence-electron chi connectivity index (χ1n) is 31.1. The number of carboxylic acids is 1. The van der Waals surface area contributed by atoms with Gasteiger partial charge in [-0.1, -0.05) is 71.8 Å². The smallest absolute Gasteiger partial charge is 0.315 e. The zero-order valence-corrected chi connectivity index (χ0v) is 55.5. The van der Waals surface area contributed by atoms with Crippen LogP contribution in [0.5, 0.6) is 0 Å². The van der Waals surface area contributed by atoms with Gasteiger partial charge in [0.2, 0.25) is 0 Å². The highest BCUT2D eigenvalue weighted by atomic mass is 32.1. The lowest BCUT2D eigenvalue weighted by Gasteiger charge is -2.53. The Labute approximate surface area is 556 Å². The van der Waals surface area contributed by atoms with Crippen LogP contribution >= 0.6 is 63.1 Å². The molecule has 0 spiro atoms. The first kappa shape index (κ1) is 67.6. The highest BCUT2D eigenvalue weighted by molar-refractivity contribution is 7.83. The number of urea groups is 2. The predicted octanol–water partition coefficient (Wildman–Crippen LogP) is 14.5. The van der Waals surface area contributed by atoms with Gasteiger partial charge in [0, 0.05) is 73.3 Å². The van der Waals surface area contributed by atoms with E-state index in [9.17, 15) is 29.6 Å². The quantitative estimate of drug-likeness (QED) is 0.0155. The van der Waals surface area contributed by atoms with Crippen molar-refractivity contribution in [1.82, 2.24) is 24.7 Å². The first-order chi connectivity index (χ1) is 43.4. The lowest BCUT2D eigenvalue weighted by Crippen LogP contribution is -2.46. The lowest BCUT2D eigenvalue weighted by molar-refractivity contribution is -0.385. The van der Waals surface area contributed by atoms with Gasteiger partial charge in [0.1, 0.15) is 11.4 Å². The highest BCUT2D eigenvalue weighted by Gasteiger charge is 2.47. The molecular weight excluding hydrogens is 1220 g/mol. The van der Waals surface area contributed by atoms with Crippen molar-refractivity contribution in [2.24, 2.45) is 35.1 Å². The van der Waals surface area contributed by atoms with Gasteiger partial charge >= 0.3 is 18.0 Å². The molecule has 2 heterocycles. The van der Waals surface area contributed by atoms with Crippen LogP contribution < -0.4 is 17.2 Å². The van der Waals surface area contributed by atoms with Crippen molar-refractivity contribution in [3.63, 3.8) is 0 Å². The fourth-order valence-electron chi connectivity index (χ4n) is 13.8. The molecule has 20 heteroatoms. The molecule has 90 heavy (non-hydrogen) atoms. The van der Waals surface area contributed by atoms with Gasteiger partial charge in [0.25, 0.3) is 5.69 Å². The number of benzene rings is 5. The van der Waals surface area contributed by atoms with Gasteiger partial charge in [-0.25, -0.2) is 19.6 Å². The highest BCUT2D eigenvalue weighted by Crippen LogP contribution is 2.56. The van der Waals surface area contributed by atoms with Crippen LogP contribution in [0.25, 0.3) is 10.8 Å². The first-order valence-corrected chi connectivity index (χ1v) is 34.0. The maximum Gasteiger partial charge on any atom is 0.315 e. The van der Waals surface area contributed by atoms with E-state index in [1.54, 1.807) is 29.4 Å². The summed E-state index contributed by atoms with van der Waals surface area (Å²) >= 11 is 21.3. The molecule has 0 bridgehead atoms. The summed E-state index contributed by atoms with van der Waals surface area (Å²) < 4.78 is 0. The van der Waals surface area contributed by atoms with Crippen LogP contribution in [0.1, 0.15) is 156 Å². The zero-order valence-electron chi connectivity index (χ0n) is 51.1. The number of nitrogen functional groups attached to an aromatic ring is 1. The third-order valence-corrected chi connectivity index (χ3v) is 20.4. The number of aromatic nitrogens is 2. The number of aryl methyl sites for hydroxylation is 4. The Morgan fingerprint density at radius 1 is 0.678 bits per heavy atom. The molecule has 474 valence electrons. The number of piperidine rings is 1. The van der Waals surface area contributed by atoms with Crippen molar-refractivity contribution >= 4 is 103 Å². The molecule has 4 atom stereocenters. The second kappa shape index (κ2) is 32.0. The topological polar surface area (TPSA) is 228 Å². The second-order valence-electron chi connectivity index (χ2n) is 24.7. The van der Waals surface area contributed by atoms with Crippen LogP contribution in [0.2, 0.25) is 0 Å². The number of carbonyl (C=O) groups is 3. The van der Waals surface area contributed by atoms with E-state index in [1.807, 2.05) is 40.0 Å². The molecule has 4 amide bonds. The number of nitro benzene ring substituents is 1. The molecule has 1 saturated heterocycles. The zero-order chi connectivity index (χ0) is 64.0. The Morgan fingerprint density at radius 2 is 1.23 bits per heavy atom. The average Bonchev–Trinajstić information content (AvgIpc) is 0.731. The molecule has 15 nitrogen and oxygen atoms in total. The Kier molecular flexibility index (Phi) is 24.0. The lowest BCUT2D eigenvalue weighted by atomic mass is 9.65. The number of carboxylic acid groups (broad SMARTS) is 1. The van der Waals surface area contributed by atoms with Gasteiger partial charge in [-0.2, -0.15) is 63.1 Å². The van der Waals surface area contributed by atoms with E-state index in [0.717, 1.165) is 124 Å². The molecule has 2 saturated carbocycles. The number of hydrogen-bond donors (Lipinski definition) is 9. The second-order valence-corrected chi connectivity index (χ2v) is 26.2. The van der Waals surface area contributed by atoms with Gasteiger partial charge < -0.3 is 37.0 Å². The van der Waals surface area contributed by atoms with E-state index in [4.69, 9.17) is 17.2 Å². The maximum atomic E-state index is 11.9. The van der Waals surface area contributed by atoms with Crippen molar-refractivity contribution in [3.05, 3.63) is 196 Å². The minimum atomic E-state index is -0.794. The molecule has 11 rings (SSSR count). The van der Waals surface area contributed by atoms with E-state index in [0.29, 0.717) is 77.5 Å². The number of fused-ring (bicyclic) bond motifs is 7. The Hall–Kier alpha value is -6.76. The number of primary amides is 2. The molecule has 6 aromatic rings. The standard InChI is InChI=1S/C38H37N3O4S.C17H28N2OS2.C15H18N4OS2/c1-22-14-33-26(16-24(22)8-11-36(42)43)4-6-29-18-30-7-5-27-17-31-15-23(21-46)2-3-25(31)20-34(27)38(30)40(37(29)33)13-12-28-19-32(39)9-10-35(28)41(44)45;18-17(20)19(9-13-1-5-15(11-21)6-2-13)10-14-3-7-16(12-22)8-4-14;16-15(20)19(7-11-1-3-12(9-21)4-2-11)8-13-5-17-14(10-22)18-6-13/h2-3,9-10,14-17,19-20,29-30,37-38,46H,4-8,11,18,21,39H2,1H3,(H,42,43);11-14,21-22H,1-10H2,(H2,18,20);1-6,21-22H,7-10H2,(H2,16,20). The van der Waals surface area contributed by atoms with Crippen LogP contribution in [-0.2, 0) is 54.4 Å². The molecular formula is C70H83N9O6S5. The number of thiol groups is 5. The minimum Gasteiger partial charge on any atom is -0.481 e. The summed E-state index contributed by atoms with van der Waals surface area (Å²) in [7, 11) is 0. The Morgan fingerprint density at radius 3 is 1.78 bits per heavy atom. The molecule has 5 aromatic carbocycles. The number of nitrogens with two attached hydrogens (primary N) is 3. The SMILES string of the molecule is Cc1cc2c(cc1CCC(=O)O)CCC1CC3CCc4cc5cc(CS)ccc5cc4C3N(C#Cc3cc(N)ccc3[N+](=O)[O-])C21.NC(=O)N(CC1CCC(=CS)CC1)CC1CCC(=CS)CC1.NC(=O)N(Cc1ccc(CS)cc1)Cc1cnc(CS)nc1. The Bertz CT molecular complexity index is 3580. The van der Waals surface area contributed by atoms with Crippen molar-refractivity contribution in [1.29, 1.82) is 0 Å². The predicted molar refractivity (Wildman–Crippen MR) is 376 cm³/mol. The fourth-order valence-corrected chi connectivity index (χ4v) is 14.9. The summed E-state index contributed by atoms with van der Waals surface area (Å²) in [6, 6.07) is 31.0. The van der Waals surface area contributed by atoms with E-state index >= 15 is 0 Å².